The molecule has 1 aromatic carbocycles. The van der Waals surface area contributed by atoms with Crippen molar-refractivity contribution in [3.8, 4) is 0 Å². The minimum Gasteiger partial charge on any atom is -0.459 e. The SMILES string of the molecule is Cc1cc(Br)c(=O)n(CC(=O)Nc2ccc(C(=O)OC(C)C)cc2)c1. The van der Waals surface area contributed by atoms with E-state index in [1.165, 1.54) is 4.57 Å². The third-order valence-electron chi connectivity index (χ3n) is 3.24. The average Bonchev–Trinajstić information content (AvgIpc) is 2.52. The van der Waals surface area contributed by atoms with Crippen molar-refractivity contribution in [1.29, 1.82) is 0 Å². The van der Waals surface area contributed by atoms with Crippen LogP contribution in [-0.4, -0.2) is 22.5 Å². The van der Waals surface area contributed by atoms with Crippen LogP contribution in [-0.2, 0) is 16.1 Å². The first-order chi connectivity index (χ1) is 11.8. The molecule has 1 heterocycles. The lowest BCUT2D eigenvalue weighted by Crippen LogP contribution is -2.27. The molecule has 1 N–H and O–H groups in total. The molecule has 0 aliphatic carbocycles. The molecule has 0 atom stereocenters. The Bertz CT molecular complexity index is 841. The quantitative estimate of drug-likeness (QED) is 0.773. The van der Waals surface area contributed by atoms with Crippen LogP contribution in [0.25, 0.3) is 0 Å². The second-order valence-corrected chi connectivity index (χ2v) is 6.73. The Hall–Kier alpha value is -2.41. The molecule has 6 nitrogen and oxygen atoms in total. The number of aryl methyl sites for hydroxylation is 1. The predicted molar refractivity (Wildman–Crippen MR) is 98.8 cm³/mol. The molecule has 1 aromatic heterocycles. The average molecular weight is 407 g/mol. The van der Waals surface area contributed by atoms with Gasteiger partial charge in [-0.15, -0.1) is 0 Å². The number of anilines is 1. The van der Waals surface area contributed by atoms with Gasteiger partial charge in [-0.2, -0.15) is 0 Å². The summed E-state index contributed by atoms with van der Waals surface area (Å²) in [4.78, 5) is 35.9. The molecule has 0 saturated heterocycles. The maximum absolute atomic E-state index is 12.1. The molecule has 7 heteroatoms. The van der Waals surface area contributed by atoms with Crippen LogP contribution in [0.4, 0.5) is 5.69 Å². The third-order valence-corrected chi connectivity index (χ3v) is 3.81. The van der Waals surface area contributed by atoms with Gasteiger partial charge in [-0.3, -0.25) is 9.59 Å². The van der Waals surface area contributed by atoms with Gasteiger partial charge in [0.15, 0.2) is 0 Å². The molecule has 0 aliphatic heterocycles. The first-order valence-corrected chi connectivity index (χ1v) is 8.53. The van der Waals surface area contributed by atoms with Crippen molar-refractivity contribution in [3.05, 3.63) is 62.5 Å². The van der Waals surface area contributed by atoms with Crippen molar-refractivity contribution in [2.24, 2.45) is 0 Å². The Balaban J connectivity index is 2.04. The van der Waals surface area contributed by atoms with Gasteiger partial charge in [-0.05, 0) is 72.6 Å². The van der Waals surface area contributed by atoms with E-state index in [1.807, 2.05) is 6.92 Å². The molecular weight excluding hydrogens is 388 g/mol. The lowest BCUT2D eigenvalue weighted by atomic mass is 10.2. The number of rotatable bonds is 5. The van der Waals surface area contributed by atoms with Crippen molar-refractivity contribution < 1.29 is 14.3 Å². The van der Waals surface area contributed by atoms with E-state index >= 15 is 0 Å². The summed E-state index contributed by atoms with van der Waals surface area (Å²) in [5.41, 5.74) is 1.54. The third kappa shape index (κ3) is 5.29. The fraction of sp³-hybridized carbons (Fsp3) is 0.278. The summed E-state index contributed by atoms with van der Waals surface area (Å²) < 4.78 is 6.85. The molecule has 2 aromatic rings. The number of hydrogen-bond donors (Lipinski definition) is 1. The minimum atomic E-state index is -0.413. The van der Waals surface area contributed by atoms with Crippen molar-refractivity contribution in [3.63, 3.8) is 0 Å². The summed E-state index contributed by atoms with van der Waals surface area (Å²) in [5.74, 6) is -0.749. The molecule has 0 bridgehead atoms. The van der Waals surface area contributed by atoms with Gasteiger partial charge in [0.25, 0.3) is 5.56 Å². The predicted octanol–water partition coefficient (Wildman–Crippen LogP) is 3.12. The molecule has 25 heavy (non-hydrogen) atoms. The molecule has 1 amide bonds. The minimum absolute atomic E-state index is 0.101. The highest BCUT2D eigenvalue weighted by molar-refractivity contribution is 9.10. The Morgan fingerprint density at radius 1 is 1.24 bits per heavy atom. The van der Waals surface area contributed by atoms with E-state index in [0.717, 1.165) is 5.56 Å². The van der Waals surface area contributed by atoms with Crippen LogP contribution in [0.15, 0.2) is 45.8 Å². The lowest BCUT2D eigenvalue weighted by molar-refractivity contribution is -0.116. The standard InChI is InChI=1S/C18H19BrN2O4/c1-11(2)25-18(24)13-4-6-14(7-5-13)20-16(22)10-21-9-12(3)8-15(19)17(21)23/h4-9,11H,10H2,1-3H3,(H,20,22). The van der Waals surface area contributed by atoms with E-state index < -0.39 is 5.97 Å². The highest BCUT2D eigenvalue weighted by Crippen LogP contribution is 2.12. The molecule has 0 aliphatic rings. The van der Waals surface area contributed by atoms with E-state index in [-0.39, 0.29) is 24.1 Å². The Kier molecular flexibility index (Phi) is 6.14. The van der Waals surface area contributed by atoms with Crippen LogP contribution in [0, 0.1) is 6.92 Å². The zero-order valence-electron chi connectivity index (χ0n) is 14.2. The number of nitrogens with zero attached hydrogens (tertiary/aromatic N) is 1. The molecule has 0 saturated carbocycles. The van der Waals surface area contributed by atoms with Crippen molar-refractivity contribution in [2.45, 2.75) is 33.4 Å². The lowest BCUT2D eigenvalue weighted by Gasteiger charge is -2.10. The van der Waals surface area contributed by atoms with Gasteiger partial charge in [0.1, 0.15) is 6.54 Å². The second-order valence-electron chi connectivity index (χ2n) is 5.88. The number of hydrogen-bond acceptors (Lipinski definition) is 4. The van der Waals surface area contributed by atoms with E-state index in [2.05, 4.69) is 21.2 Å². The van der Waals surface area contributed by atoms with Crippen molar-refractivity contribution in [1.82, 2.24) is 4.57 Å². The van der Waals surface area contributed by atoms with Crippen LogP contribution in [0.1, 0.15) is 29.8 Å². The molecule has 0 spiro atoms. The number of benzene rings is 1. The number of carbonyl (C=O) groups excluding carboxylic acids is 2. The number of amides is 1. The first kappa shape index (κ1) is 18.9. The molecular formula is C18H19BrN2O4. The first-order valence-electron chi connectivity index (χ1n) is 7.73. The topological polar surface area (TPSA) is 77.4 Å². The van der Waals surface area contributed by atoms with E-state index in [0.29, 0.717) is 15.7 Å². The van der Waals surface area contributed by atoms with E-state index in [1.54, 1.807) is 50.4 Å². The normalized spacial score (nSPS) is 10.6. The number of carbonyl (C=O) groups is 2. The Morgan fingerprint density at radius 2 is 1.88 bits per heavy atom. The van der Waals surface area contributed by atoms with E-state index in [4.69, 9.17) is 4.74 Å². The Morgan fingerprint density at radius 3 is 2.48 bits per heavy atom. The molecule has 0 fully saturated rings. The van der Waals surface area contributed by atoms with Gasteiger partial charge < -0.3 is 14.6 Å². The van der Waals surface area contributed by atoms with Gasteiger partial charge in [-0.1, -0.05) is 0 Å². The zero-order valence-corrected chi connectivity index (χ0v) is 15.8. The van der Waals surface area contributed by atoms with Crippen LogP contribution in [0.3, 0.4) is 0 Å². The highest BCUT2D eigenvalue weighted by atomic mass is 79.9. The van der Waals surface area contributed by atoms with Gasteiger partial charge in [0, 0.05) is 11.9 Å². The number of ether oxygens (including phenoxy) is 1. The Labute approximate surface area is 153 Å². The number of pyridine rings is 1. The summed E-state index contributed by atoms with van der Waals surface area (Å²) in [6, 6.07) is 8.09. The van der Waals surface area contributed by atoms with Gasteiger partial charge in [0.05, 0.1) is 16.1 Å². The maximum Gasteiger partial charge on any atom is 0.338 e. The molecule has 0 radical (unpaired) electrons. The zero-order chi connectivity index (χ0) is 18.6. The molecule has 132 valence electrons. The van der Waals surface area contributed by atoms with Crippen molar-refractivity contribution >= 4 is 33.5 Å². The summed E-state index contributed by atoms with van der Waals surface area (Å²) in [7, 11) is 0. The van der Waals surface area contributed by atoms with Crippen LogP contribution in [0.5, 0.6) is 0 Å². The van der Waals surface area contributed by atoms with Gasteiger partial charge in [0.2, 0.25) is 5.91 Å². The molecule has 2 rings (SSSR count). The largest absolute Gasteiger partial charge is 0.459 e. The summed E-state index contributed by atoms with van der Waals surface area (Å²) in [5, 5.41) is 2.70. The van der Waals surface area contributed by atoms with Crippen LogP contribution < -0.4 is 10.9 Å². The van der Waals surface area contributed by atoms with E-state index in [9.17, 15) is 14.4 Å². The summed E-state index contributed by atoms with van der Waals surface area (Å²) >= 11 is 3.18. The van der Waals surface area contributed by atoms with Crippen LogP contribution in [0.2, 0.25) is 0 Å². The monoisotopic (exact) mass is 406 g/mol. The fourth-order valence-electron chi connectivity index (χ4n) is 2.18. The number of nitrogens with one attached hydrogen (secondary N) is 1. The molecule has 0 unspecified atom stereocenters. The van der Waals surface area contributed by atoms with Gasteiger partial charge >= 0.3 is 5.97 Å². The fourth-order valence-corrected chi connectivity index (χ4v) is 2.77. The highest BCUT2D eigenvalue weighted by Gasteiger charge is 2.11. The van der Waals surface area contributed by atoms with Crippen molar-refractivity contribution in [2.75, 3.05) is 5.32 Å². The second kappa shape index (κ2) is 8.11. The smallest absolute Gasteiger partial charge is 0.338 e. The van der Waals surface area contributed by atoms with Gasteiger partial charge in [-0.25, -0.2) is 4.79 Å². The number of aromatic nitrogens is 1. The van der Waals surface area contributed by atoms with Crippen LogP contribution >= 0.6 is 15.9 Å². The maximum atomic E-state index is 12.1. The summed E-state index contributed by atoms with van der Waals surface area (Å²) in [6.45, 7) is 5.29. The number of halogens is 1. The summed E-state index contributed by atoms with van der Waals surface area (Å²) in [6.07, 6.45) is 1.43. The number of esters is 1.